The van der Waals surface area contributed by atoms with Crippen LogP contribution in [0.5, 0.6) is 11.5 Å². The number of amides is 1. The molecule has 0 saturated carbocycles. The molecule has 0 radical (unpaired) electrons. The van der Waals surface area contributed by atoms with Crippen LogP contribution in [-0.2, 0) is 9.59 Å². The van der Waals surface area contributed by atoms with E-state index in [1.165, 1.54) is 11.3 Å². The number of methoxy groups -OCH3 is 2. The van der Waals surface area contributed by atoms with Gasteiger partial charge < -0.3 is 14.8 Å². The zero-order chi connectivity index (χ0) is 25.6. The summed E-state index contributed by atoms with van der Waals surface area (Å²) < 4.78 is 12.1. The summed E-state index contributed by atoms with van der Waals surface area (Å²) in [4.78, 5) is 32.0. The van der Waals surface area contributed by atoms with Crippen molar-refractivity contribution in [2.24, 2.45) is 5.41 Å². The lowest BCUT2D eigenvalue weighted by Crippen LogP contribution is -2.39. The highest BCUT2D eigenvalue weighted by molar-refractivity contribution is 7.22. The second kappa shape index (κ2) is 9.09. The van der Waals surface area contributed by atoms with Gasteiger partial charge in [-0.25, -0.2) is 4.98 Å². The number of carbonyl (C=O) groups is 2. The minimum Gasteiger partial charge on any atom is -0.497 e. The smallest absolute Gasteiger partial charge is 0.256 e. The summed E-state index contributed by atoms with van der Waals surface area (Å²) >= 11 is 1.42. The highest BCUT2D eigenvalue weighted by Gasteiger charge is 2.43. The van der Waals surface area contributed by atoms with Crippen molar-refractivity contribution < 1.29 is 19.1 Å². The Morgan fingerprint density at radius 1 is 1.14 bits per heavy atom. The largest absolute Gasteiger partial charge is 0.497 e. The molecule has 1 aromatic heterocycles. The molecule has 0 unspecified atom stereocenters. The monoisotopic (exact) mass is 503 g/mol. The van der Waals surface area contributed by atoms with Crippen LogP contribution in [0.2, 0.25) is 0 Å². The van der Waals surface area contributed by atoms with E-state index >= 15 is 0 Å². The average molecular weight is 504 g/mol. The minimum absolute atomic E-state index is 0.0365. The number of nitrogens with one attached hydrogen (secondary N) is 2. The molecule has 1 aliphatic heterocycles. The molecule has 1 amide bonds. The van der Waals surface area contributed by atoms with E-state index < -0.39 is 5.92 Å². The Balaban J connectivity index is 1.62. The number of dihydropyridines is 1. The lowest BCUT2D eigenvalue weighted by molar-refractivity contribution is -0.118. The zero-order valence-corrected chi connectivity index (χ0v) is 21.8. The maximum atomic E-state index is 13.8. The molecule has 2 aromatic carbocycles. The number of ether oxygens (including phenoxy) is 2. The molecule has 1 aliphatic carbocycles. The number of hydrogen-bond donors (Lipinski definition) is 2. The number of aromatic nitrogens is 1. The first kappa shape index (κ1) is 24.1. The number of allylic oxidation sites excluding steroid dienone is 3. The van der Waals surface area contributed by atoms with E-state index in [4.69, 9.17) is 9.47 Å². The molecule has 7 nitrogen and oxygen atoms in total. The molecule has 186 valence electrons. The van der Waals surface area contributed by atoms with Crippen LogP contribution in [-0.4, -0.2) is 30.9 Å². The van der Waals surface area contributed by atoms with E-state index in [9.17, 15) is 9.59 Å². The van der Waals surface area contributed by atoms with Crippen LogP contribution < -0.4 is 20.1 Å². The van der Waals surface area contributed by atoms with Crippen LogP contribution in [0.15, 0.2) is 65.0 Å². The summed E-state index contributed by atoms with van der Waals surface area (Å²) in [6, 6.07) is 13.2. The first-order valence-electron chi connectivity index (χ1n) is 11.8. The number of rotatable bonds is 5. The average Bonchev–Trinajstić information content (AvgIpc) is 3.24. The standard InChI is InChI=1S/C28H29N3O4S/c1-15-23(26(33)31-27-30-18-8-6-7-9-22(18)36-27)24(17-11-10-16(34-4)12-21(17)35-5)25-19(29-15)13-28(2,3)14-20(25)32/h6-12,24,29H,13-14H2,1-5H3,(H,30,31,33)/t24-/m0/s1. The van der Waals surface area contributed by atoms with Gasteiger partial charge in [0, 0.05) is 40.6 Å². The predicted molar refractivity (Wildman–Crippen MR) is 141 cm³/mol. The fraction of sp³-hybridized carbons (Fsp3) is 0.321. The molecule has 0 fully saturated rings. The summed E-state index contributed by atoms with van der Waals surface area (Å²) in [6.45, 7) is 6.06. The number of hydrogen-bond acceptors (Lipinski definition) is 7. The number of Topliss-reactive ketones (excluding diaryl/α,β-unsaturated/α-hetero) is 1. The Bertz CT molecular complexity index is 1420. The van der Waals surface area contributed by atoms with Gasteiger partial charge in [0.05, 0.1) is 30.4 Å². The molecular weight excluding hydrogens is 474 g/mol. The summed E-state index contributed by atoms with van der Waals surface area (Å²) in [5.74, 6) is 0.348. The van der Waals surface area contributed by atoms with Gasteiger partial charge >= 0.3 is 0 Å². The maximum absolute atomic E-state index is 13.8. The molecule has 2 heterocycles. The quantitative estimate of drug-likeness (QED) is 0.474. The van der Waals surface area contributed by atoms with Crippen LogP contribution in [0.4, 0.5) is 5.13 Å². The van der Waals surface area contributed by atoms with Gasteiger partial charge in [-0.15, -0.1) is 0 Å². The molecule has 5 rings (SSSR count). The number of ketones is 1. The van der Waals surface area contributed by atoms with E-state index in [0.717, 1.165) is 21.5 Å². The second-order valence-electron chi connectivity index (χ2n) is 9.98. The minimum atomic E-state index is -0.583. The zero-order valence-electron chi connectivity index (χ0n) is 21.0. The van der Waals surface area contributed by atoms with Crippen molar-refractivity contribution in [2.75, 3.05) is 19.5 Å². The number of carbonyl (C=O) groups excluding carboxylic acids is 2. The van der Waals surface area contributed by atoms with Crippen LogP contribution in [0, 0.1) is 5.41 Å². The molecule has 3 aromatic rings. The fourth-order valence-electron chi connectivity index (χ4n) is 5.20. The Kier molecular flexibility index (Phi) is 6.08. The van der Waals surface area contributed by atoms with Gasteiger partial charge in [-0.05, 0) is 37.0 Å². The van der Waals surface area contributed by atoms with E-state index in [1.807, 2.05) is 43.3 Å². The van der Waals surface area contributed by atoms with Crippen molar-refractivity contribution in [3.63, 3.8) is 0 Å². The van der Waals surface area contributed by atoms with E-state index in [2.05, 4.69) is 29.5 Å². The van der Waals surface area contributed by atoms with Crippen LogP contribution in [0.3, 0.4) is 0 Å². The van der Waals surface area contributed by atoms with Gasteiger partial charge in [-0.2, -0.15) is 0 Å². The molecule has 2 N–H and O–H groups in total. The SMILES string of the molecule is COc1ccc([C@H]2C(C(=O)Nc3nc4ccccc4s3)=C(C)NC3=C2C(=O)CC(C)(C)C3)c(OC)c1. The third kappa shape index (κ3) is 4.26. The van der Waals surface area contributed by atoms with Crippen molar-refractivity contribution in [1.82, 2.24) is 10.3 Å². The lowest BCUT2D eigenvalue weighted by atomic mass is 9.68. The van der Waals surface area contributed by atoms with Gasteiger partial charge in [-0.3, -0.25) is 14.9 Å². The Morgan fingerprint density at radius 2 is 1.92 bits per heavy atom. The number of nitrogens with zero attached hydrogens (tertiary/aromatic N) is 1. The number of thiazole rings is 1. The highest BCUT2D eigenvalue weighted by Crippen LogP contribution is 2.49. The Morgan fingerprint density at radius 3 is 2.64 bits per heavy atom. The number of benzene rings is 2. The summed E-state index contributed by atoms with van der Waals surface area (Å²) in [5.41, 5.74) is 4.08. The highest BCUT2D eigenvalue weighted by atomic mass is 32.1. The van der Waals surface area contributed by atoms with Crippen molar-refractivity contribution in [2.45, 2.75) is 39.5 Å². The molecule has 1 atom stereocenters. The predicted octanol–water partition coefficient (Wildman–Crippen LogP) is 5.56. The van der Waals surface area contributed by atoms with Crippen molar-refractivity contribution in [3.05, 3.63) is 70.6 Å². The molecule has 36 heavy (non-hydrogen) atoms. The Labute approximate surface area is 214 Å². The maximum Gasteiger partial charge on any atom is 0.256 e. The number of para-hydroxylation sites is 1. The van der Waals surface area contributed by atoms with Crippen molar-refractivity contribution in [3.8, 4) is 11.5 Å². The van der Waals surface area contributed by atoms with Gasteiger partial charge in [0.15, 0.2) is 10.9 Å². The Hall–Kier alpha value is -3.65. The molecule has 8 heteroatoms. The molecular formula is C28H29N3O4S. The third-order valence-electron chi connectivity index (χ3n) is 6.75. The van der Waals surface area contributed by atoms with E-state index in [-0.39, 0.29) is 17.1 Å². The molecule has 0 saturated heterocycles. The molecule has 2 aliphatic rings. The van der Waals surface area contributed by atoms with Gasteiger partial charge in [0.25, 0.3) is 5.91 Å². The fourth-order valence-corrected chi connectivity index (χ4v) is 6.06. The van der Waals surface area contributed by atoms with Crippen molar-refractivity contribution >= 4 is 38.4 Å². The molecule has 0 spiro atoms. The third-order valence-corrected chi connectivity index (χ3v) is 7.70. The van der Waals surface area contributed by atoms with Crippen molar-refractivity contribution in [1.29, 1.82) is 0 Å². The molecule has 0 bridgehead atoms. The lowest BCUT2D eigenvalue weighted by Gasteiger charge is -2.39. The second-order valence-corrected chi connectivity index (χ2v) is 11.0. The normalized spacial score (nSPS) is 19.1. The number of anilines is 1. The number of fused-ring (bicyclic) bond motifs is 1. The summed E-state index contributed by atoms with van der Waals surface area (Å²) in [7, 11) is 3.17. The van der Waals surface area contributed by atoms with Crippen LogP contribution >= 0.6 is 11.3 Å². The topological polar surface area (TPSA) is 89.5 Å². The van der Waals surface area contributed by atoms with Crippen LogP contribution in [0.1, 0.15) is 45.1 Å². The van der Waals surface area contributed by atoms with Crippen LogP contribution in [0.25, 0.3) is 10.2 Å². The van der Waals surface area contributed by atoms with E-state index in [0.29, 0.717) is 46.3 Å². The summed E-state index contributed by atoms with van der Waals surface area (Å²) in [5, 5.41) is 6.90. The van der Waals surface area contributed by atoms with Gasteiger partial charge in [0.1, 0.15) is 11.5 Å². The first-order chi connectivity index (χ1) is 17.2. The summed E-state index contributed by atoms with van der Waals surface area (Å²) in [6.07, 6.45) is 1.13. The first-order valence-corrected chi connectivity index (χ1v) is 12.7. The van der Waals surface area contributed by atoms with Gasteiger partial charge in [-0.1, -0.05) is 43.4 Å². The van der Waals surface area contributed by atoms with E-state index in [1.54, 1.807) is 20.3 Å². The van der Waals surface area contributed by atoms with Gasteiger partial charge in [0.2, 0.25) is 0 Å².